The van der Waals surface area contributed by atoms with E-state index in [-0.39, 0.29) is 18.2 Å². The van der Waals surface area contributed by atoms with Gasteiger partial charge in [0.05, 0.1) is 17.5 Å². The average Bonchev–Trinajstić information content (AvgIpc) is 3.07. The highest BCUT2D eigenvalue weighted by Gasteiger charge is 2.34. The molecule has 3 heterocycles. The lowest BCUT2D eigenvalue weighted by Gasteiger charge is -2.31. The van der Waals surface area contributed by atoms with Crippen LogP contribution in [0.25, 0.3) is 0 Å². The molecule has 1 N–H and O–H groups in total. The number of nitrogens with one attached hydrogen (secondary N) is 1. The van der Waals surface area contributed by atoms with E-state index in [1.54, 1.807) is 22.4 Å². The molecule has 7 heteroatoms. The van der Waals surface area contributed by atoms with Crippen molar-refractivity contribution >= 4 is 40.6 Å². The maximum atomic E-state index is 12.6. The van der Waals surface area contributed by atoms with Crippen LogP contribution in [-0.4, -0.2) is 28.6 Å². The predicted molar refractivity (Wildman–Crippen MR) is 92.7 cm³/mol. The minimum absolute atomic E-state index is 0.0238. The van der Waals surface area contributed by atoms with E-state index in [2.05, 4.69) is 10.3 Å². The molecular weight excluding hydrogens is 330 g/mol. The van der Waals surface area contributed by atoms with Gasteiger partial charge in [-0.15, -0.1) is 11.3 Å². The van der Waals surface area contributed by atoms with E-state index in [9.17, 15) is 9.59 Å². The SMILES string of the molecule is CCN1C(=O)[C@H](CC(=O)NCc2cccs2)Sc2ncccc21. The van der Waals surface area contributed by atoms with Crippen molar-refractivity contribution in [3.8, 4) is 0 Å². The molecule has 1 aliphatic heterocycles. The van der Waals surface area contributed by atoms with Crippen molar-refractivity contribution in [2.24, 2.45) is 0 Å². The van der Waals surface area contributed by atoms with Crippen LogP contribution in [0.4, 0.5) is 5.69 Å². The summed E-state index contributed by atoms with van der Waals surface area (Å²) in [5, 5.41) is 5.25. The first-order valence-electron chi connectivity index (χ1n) is 7.41. The van der Waals surface area contributed by atoms with E-state index >= 15 is 0 Å². The van der Waals surface area contributed by atoms with Crippen molar-refractivity contribution in [3.05, 3.63) is 40.7 Å². The second kappa shape index (κ2) is 7.14. The zero-order chi connectivity index (χ0) is 16.2. The van der Waals surface area contributed by atoms with Crippen molar-refractivity contribution in [1.29, 1.82) is 0 Å². The van der Waals surface area contributed by atoms with Gasteiger partial charge in [0.25, 0.3) is 0 Å². The van der Waals surface area contributed by atoms with Crippen LogP contribution in [0, 0.1) is 0 Å². The Balaban J connectivity index is 1.66. The number of amides is 2. The highest BCUT2D eigenvalue weighted by atomic mass is 32.2. The summed E-state index contributed by atoms with van der Waals surface area (Å²) < 4.78 is 0. The second-order valence-electron chi connectivity index (χ2n) is 5.08. The predicted octanol–water partition coefficient (Wildman–Crippen LogP) is 2.68. The van der Waals surface area contributed by atoms with Crippen molar-refractivity contribution in [2.45, 2.75) is 30.2 Å². The molecule has 2 aromatic rings. The Kier molecular flexibility index (Phi) is 4.97. The zero-order valence-electron chi connectivity index (χ0n) is 12.7. The van der Waals surface area contributed by atoms with Gasteiger partial charge in [-0.1, -0.05) is 17.8 Å². The number of fused-ring (bicyclic) bond motifs is 1. The quantitative estimate of drug-likeness (QED) is 0.903. The maximum Gasteiger partial charge on any atom is 0.241 e. The summed E-state index contributed by atoms with van der Waals surface area (Å²) in [5.74, 6) is -0.135. The van der Waals surface area contributed by atoms with E-state index in [0.29, 0.717) is 13.1 Å². The van der Waals surface area contributed by atoms with Gasteiger partial charge in [-0.25, -0.2) is 4.98 Å². The lowest BCUT2D eigenvalue weighted by atomic mass is 10.2. The Morgan fingerprint density at radius 3 is 3.00 bits per heavy atom. The molecule has 1 aliphatic rings. The molecule has 0 spiro atoms. The smallest absolute Gasteiger partial charge is 0.241 e. The van der Waals surface area contributed by atoms with E-state index in [1.807, 2.05) is 36.6 Å². The molecular formula is C16H17N3O2S2. The number of rotatable bonds is 5. The summed E-state index contributed by atoms with van der Waals surface area (Å²) in [4.78, 5) is 31.9. The second-order valence-corrected chi connectivity index (χ2v) is 7.30. The number of carbonyl (C=O) groups excluding carboxylic acids is 2. The number of nitrogens with zero attached hydrogens (tertiary/aromatic N) is 2. The van der Waals surface area contributed by atoms with E-state index < -0.39 is 5.25 Å². The summed E-state index contributed by atoms with van der Waals surface area (Å²) in [6.07, 6.45) is 1.88. The van der Waals surface area contributed by atoms with Gasteiger partial charge in [0, 0.05) is 24.0 Å². The van der Waals surface area contributed by atoms with Crippen LogP contribution < -0.4 is 10.2 Å². The first-order valence-corrected chi connectivity index (χ1v) is 9.17. The van der Waals surface area contributed by atoms with Crippen molar-refractivity contribution in [1.82, 2.24) is 10.3 Å². The van der Waals surface area contributed by atoms with Crippen LogP contribution in [0.2, 0.25) is 0 Å². The molecule has 1 atom stereocenters. The van der Waals surface area contributed by atoms with Crippen molar-refractivity contribution < 1.29 is 9.59 Å². The van der Waals surface area contributed by atoms with Crippen molar-refractivity contribution in [3.63, 3.8) is 0 Å². The van der Waals surface area contributed by atoms with E-state index in [4.69, 9.17) is 0 Å². The molecule has 0 saturated carbocycles. The monoisotopic (exact) mass is 347 g/mol. The Morgan fingerprint density at radius 2 is 2.26 bits per heavy atom. The van der Waals surface area contributed by atoms with Crippen LogP contribution in [-0.2, 0) is 16.1 Å². The Bertz CT molecular complexity index is 703. The Hall–Kier alpha value is -1.86. The fourth-order valence-corrected chi connectivity index (χ4v) is 4.25. The highest BCUT2D eigenvalue weighted by Crippen LogP contribution is 2.38. The molecule has 3 rings (SSSR count). The molecule has 0 saturated heterocycles. The largest absolute Gasteiger partial charge is 0.351 e. The van der Waals surface area contributed by atoms with Crippen LogP contribution in [0.15, 0.2) is 40.9 Å². The minimum Gasteiger partial charge on any atom is -0.351 e. The number of pyridine rings is 1. The van der Waals surface area contributed by atoms with Gasteiger partial charge >= 0.3 is 0 Å². The summed E-state index contributed by atoms with van der Waals surface area (Å²) in [6, 6.07) is 7.64. The lowest BCUT2D eigenvalue weighted by Crippen LogP contribution is -2.43. The molecule has 23 heavy (non-hydrogen) atoms. The third-order valence-corrected chi connectivity index (χ3v) is 5.63. The normalized spacial score (nSPS) is 17.0. The topological polar surface area (TPSA) is 62.3 Å². The van der Waals surface area contributed by atoms with Gasteiger partial charge in [-0.05, 0) is 30.5 Å². The fourth-order valence-electron chi connectivity index (χ4n) is 2.45. The standard InChI is InChI=1S/C16H17N3O2S2/c1-2-19-12-6-3-7-17-15(12)23-13(16(19)21)9-14(20)18-10-11-5-4-8-22-11/h3-8,13H,2,9-10H2,1H3,(H,18,20)/t13-/m0/s1. The van der Waals surface area contributed by atoms with E-state index in [1.165, 1.54) is 11.8 Å². The van der Waals surface area contributed by atoms with Crippen LogP contribution >= 0.6 is 23.1 Å². The number of aromatic nitrogens is 1. The number of hydrogen-bond acceptors (Lipinski definition) is 5. The Morgan fingerprint density at radius 1 is 1.39 bits per heavy atom. The third-order valence-electron chi connectivity index (χ3n) is 3.56. The summed E-state index contributed by atoms with van der Waals surface area (Å²) >= 11 is 2.98. The number of thioether (sulfide) groups is 1. The molecule has 0 fully saturated rings. The van der Waals surface area contributed by atoms with Gasteiger partial charge in [-0.3, -0.25) is 9.59 Å². The number of carbonyl (C=O) groups is 2. The van der Waals surface area contributed by atoms with Crippen molar-refractivity contribution in [2.75, 3.05) is 11.4 Å². The van der Waals surface area contributed by atoms with Crippen LogP contribution in [0.5, 0.6) is 0 Å². The molecule has 0 unspecified atom stereocenters. The van der Waals surface area contributed by atoms with Gasteiger partial charge in [-0.2, -0.15) is 0 Å². The van der Waals surface area contributed by atoms with Crippen LogP contribution in [0.3, 0.4) is 0 Å². The highest BCUT2D eigenvalue weighted by molar-refractivity contribution is 8.00. The van der Waals surface area contributed by atoms with E-state index in [0.717, 1.165) is 15.6 Å². The molecule has 0 bridgehead atoms. The number of hydrogen-bond donors (Lipinski definition) is 1. The Labute approximate surface area is 143 Å². The minimum atomic E-state index is -0.416. The summed E-state index contributed by atoms with van der Waals surface area (Å²) in [6.45, 7) is 3.01. The molecule has 2 aromatic heterocycles. The van der Waals surface area contributed by atoms with Crippen LogP contribution in [0.1, 0.15) is 18.2 Å². The summed E-state index contributed by atoms with van der Waals surface area (Å²) in [7, 11) is 0. The average molecular weight is 347 g/mol. The maximum absolute atomic E-state index is 12.6. The van der Waals surface area contributed by atoms with Gasteiger partial charge in [0.2, 0.25) is 11.8 Å². The molecule has 2 amide bonds. The van der Waals surface area contributed by atoms with Gasteiger partial charge < -0.3 is 10.2 Å². The lowest BCUT2D eigenvalue weighted by molar-refractivity contribution is -0.125. The molecule has 120 valence electrons. The molecule has 0 aromatic carbocycles. The molecule has 0 radical (unpaired) electrons. The van der Waals surface area contributed by atoms with Gasteiger partial charge in [0.1, 0.15) is 5.03 Å². The number of thiophene rings is 1. The fraction of sp³-hybridized carbons (Fsp3) is 0.312. The first-order chi connectivity index (χ1) is 11.2. The summed E-state index contributed by atoms with van der Waals surface area (Å²) in [5.41, 5.74) is 0.834. The van der Waals surface area contributed by atoms with Gasteiger partial charge in [0.15, 0.2) is 0 Å². The molecule has 0 aliphatic carbocycles. The first kappa shape index (κ1) is 16.0. The zero-order valence-corrected chi connectivity index (χ0v) is 14.3. The molecule has 5 nitrogen and oxygen atoms in total. The third kappa shape index (κ3) is 3.56. The number of anilines is 1.